The lowest BCUT2D eigenvalue weighted by atomic mass is 10.1. The van der Waals surface area contributed by atoms with Gasteiger partial charge in [-0.2, -0.15) is 0 Å². The summed E-state index contributed by atoms with van der Waals surface area (Å²) >= 11 is 0. The van der Waals surface area contributed by atoms with Gasteiger partial charge in [-0.3, -0.25) is 9.69 Å². The molecule has 102 valence electrons. The van der Waals surface area contributed by atoms with E-state index in [9.17, 15) is 9.90 Å². The number of nitrogens with zero attached hydrogens (tertiary/aromatic N) is 1. The molecule has 1 heterocycles. The van der Waals surface area contributed by atoms with E-state index in [1.54, 1.807) is 13.8 Å². The summed E-state index contributed by atoms with van der Waals surface area (Å²) in [5.41, 5.74) is 1.89. The number of aliphatic hydroxyl groups is 1. The van der Waals surface area contributed by atoms with Crippen molar-refractivity contribution in [3.05, 3.63) is 23.0 Å². The van der Waals surface area contributed by atoms with Crippen molar-refractivity contribution in [2.45, 2.75) is 40.2 Å². The first-order chi connectivity index (χ1) is 8.23. The summed E-state index contributed by atoms with van der Waals surface area (Å²) in [7, 11) is 0. The fourth-order valence-corrected chi connectivity index (χ4v) is 2.13. The van der Waals surface area contributed by atoms with Crippen LogP contribution in [0.15, 0.2) is 6.07 Å². The van der Waals surface area contributed by atoms with Crippen LogP contribution in [0.25, 0.3) is 0 Å². The Morgan fingerprint density at radius 3 is 2.44 bits per heavy atom. The predicted molar refractivity (Wildman–Crippen MR) is 73.0 cm³/mol. The van der Waals surface area contributed by atoms with E-state index in [1.807, 2.05) is 31.7 Å². The maximum Gasteiger partial charge on any atom is 0.178 e. The summed E-state index contributed by atoms with van der Waals surface area (Å²) in [6.45, 7) is 10.9. The number of hydrogen-bond acceptors (Lipinski definition) is 3. The number of carbonyl (C=O) groups excluding carboxylic acids is 1. The van der Waals surface area contributed by atoms with Crippen LogP contribution in [0.4, 0.5) is 0 Å². The van der Waals surface area contributed by atoms with Crippen LogP contribution >= 0.6 is 0 Å². The van der Waals surface area contributed by atoms with Gasteiger partial charge in [-0.15, -0.1) is 0 Å². The average molecular weight is 252 g/mol. The van der Waals surface area contributed by atoms with Gasteiger partial charge in [0, 0.05) is 23.5 Å². The van der Waals surface area contributed by atoms with E-state index in [2.05, 4.69) is 4.98 Å². The van der Waals surface area contributed by atoms with Gasteiger partial charge in [0.2, 0.25) is 0 Å². The molecule has 18 heavy (non-hydrogen) atoms. The van der Waals surface area contributed by atoms with Gasteiger partial charge in [0.15, 0.2) is 5.78 Å². The summed E-state index contributed by atoms with van der Waals surface area (Å²) < 4.78 is 0. The molecule has 0 fully saturated rings. The van der Waals surface area contributed by atoms with Crippen LogP contribution in [0, 0.1) is 13.8 Å². The molecule has 0 radical (unpaired) electrons. The Hall–Kier alpha value is -1.13. The molecule has 4 heteroatoms. The highest BCUT2D eigenvalue weighted by molar-refractivity contribution is 5.98. The van der Waals surface area contributed by atoms with Crippen molar-refractivity contribution in [2.24, 2.45) is 0 Å². The highest BCUT2D eigenvalue weighted by Crippen LogP contribution is 2.12. The lowest BCUT2D eigenvalue weighted by molar-refractivity contribution is 0.0376. The summed E-state index contributed by atoms with van der Waals surface area (Å²) in [5, 5.41) is 9.80. The number of rotatable bonds is 6. The molecule has 0 spiro atoms. The minimum Gasteiger partial charge on any atom is -0.389 e. The van der Waals surface area contributed by atoms with E-state index in [4.69, 9.17) is 0 Å². The second kappa shape index (κ2) is 5.67. The molecule has 0 aliphatic heterocycles. The molecule has 0 bridgehead atoms. The van der Waals surface area contributed by atoms with Gasteiger partial charge in [-0.1, -0.05) is 6.92 Å². The third kappa shape index (κ3) is 4.27. The molecule has 0 saturated heterocycles. The Balaban J connectivity index is 2.71. The number of H-pyrrole nitrogens is 1. The molecule has 0 aliphatic rings. The number of nitrogens with one attached hydrogen (secondary N) is 1. The van der Waals surface area contributed by atoms with Gasteiger partial charge < -0.3 is 10.1 Å². The molecule has 1 aromatic heterocycles. The Morgan fingerprint density at radius 2 is 2.06 bits per heavy atom. The van der Waals surface area contributed by atoms with Gasteiger partial charge in [-0.05, 0) is 40.3 Å². The maximum absolute atomic E-state index is 12.2. The van der Waals surface area contributed by atoms with Crippen molar-refractivity contribution in [3.8, 4) is 0 Å². The van der Waals surface area contributed by atoms with Crippen molar-refractivity contribution in [3.63, 3.8) is 0 Å². The van der Waals surface area contributed by atoms with Crippen molar-refractivity contribution in [2.75, 3.05) is 19.6 Å². The number of Topliss-reactive ketones (excluding diaryl/α,β-unsaturated/α-hetero) is 1. The highest BCUT2D eigenvalue weighted by Gasteiger charge is 2.20. The molecule has 1 rings (SSSR count). The fraction of sp³-hybridized carbons (Fsp3) is 0.643. The van der Waals surface area contributed by atoms with Crippen molar-refractivity contribution < 1.29 is 9.90 Å². The smallest absolute Gasteiger partial charge is 0.178 e. The highest BCUT2D eigenvalue weighted by atomic mass is 16.3. The van der Waals surface area contributed by atoms with E-state index in [0.717, 1.165) is 23.5 Å². The number of aromatic nitrogens is 1. The number of likely N-dealkylation sites (N-methyl/N-ethyl adjacent to an activating group) is 1. The lowest BCUT2D eigenvalue weighted by Gasteiger charge is -2.27. The third-order valence-electron chi connectivity index (χ3n) is 2.87. The van der Waals surface area contributed by atoms with Gasteiger partial charge in [-0.25, -0.2) is 0 Å². The SMILES string of the molecule is CCN(CC(=O)c1cc(C)[nH]c1C)CC(C)(C)O. The monoisotopic (exact) mass is 252 g/mol. The molecule has 4 nitrogen and oxygen atoms in total. The van der Waals surface area contributed by atoms with E-state index in [-0.39, 0.29) is 5.78 Å². The van der Waals surface area contributed by atoms with Gasteiger partial charge in [0.1, 0.15) is 0 Å². The van der Waals surface area contributed by atoms with Crippen LogP contribution in [-0.2, 0) is 0 Å². The van der Waals surface area contributed by atoms with Crippen molar-refractivity contribution >= 4 is 5.78 Å². The molecule has 1 aromatic rings. The second-order valence-electron chi connectivity index (χ2n) is 5.53. The molecule has 0 amide bonds. The van der Waals surface area contributed by atoms with Gasteiger partial charge >= 0.3 is 0 Å². The largest absolute Gasteiger partial charge is 0.389 e. The molecule has 0 unspecified atom stereocenters. The number of aromatic amines is 1. The van der Waals surface area contributed by atoms with E-state index in [1.165, 1.54) is 0 Å². The van der Waals surface area contributed by atoms with E-state index >= 15 is 0 Å². The summed E-state index contributed by atoms with van der Waals surface area (Å²) in [6.07, 6.45) is 0. The summed E-state index contributed by atoms with van der Waals surface area (Å²) in [6, 6.07) is 1.88. The second-order valence-corrected chi connectivity index (χ2v) is 5.53. The van der Waals surface area contributed by atoms with E-state index in [0.29, 0.717) is 13.1 Å². The van der Waals surface area contributed by atoms with Crippen LogP contribution in [0.5, 0.6) is 0 Å². The molecule has 0 aromatic carbocycles. The minimum absolute atomic E-state index is 0.1000. The zero-order chi connectivity index (χ0) is 13.9. The molecular formula is C14H24N2O2. The van der Waals surface area contributed by atoms with Crippen molar-refractivity contribution in [1.29, 1.82) is 0 Å². The normalized spacial score (nSPS) is 12.2. The van der Waals surface area contributed by atoms with Crippen LogP contribution in [0.3, 0.4) is 0 Å². The quantitative estimate of drug-likeness (QED) is 0.760. The Labute approximate surface area is 109 Å². The van der Waals surface area contributed by atoms with Gasteiger partial charge in [0.05, 0.1) is 12.1 Å². The molecule has 0 aliphatic carbocycles. The fourth-order valence-electron chi connectivity index (χ4n) is 2.13. The number of ketones is 1. The van der Waals surface area contributed by atoms with Crippen LogP contribution in [-0.4, -0.2) is 46.0 Å². The first-order valence-electron chi connectivity index (χ1n) is 6.37. The average Bonchev–Trinajstić information content (AvgIpc) is 2.54. The van der Waals surface area contributed by atoms with Gasteiger partial charge in [0.25, 0.3) is 0 Å². The van der Waals surface area contributed by atoms with Crippen LogP contribution < -0.4 is 0 Å². The number of aryl methyl sites for hydroxylation is 2. The molecule has 0 atom stereocenters. The summed E-state index contributed by atoms with van der Waals surface area (Å²) in [5.74, 6) is 0.1000. The standard InChI is InChI=1S/C14H24N2O2/c1-6-16(9-14(4,5)18)8-13(17)12-7-10(2)15-11(12)3/h7,15,18H,6,8-9H2,1-5H3. The lowest BCUT2D eigenvalue weighted by Crippen LogP contribution is -2.41. The van der Waals surface area contributed by atoms with Crippen LogP contribution in [0.2, 0.25) is 0 Å². The minimum atomic E-state index is -0.778. The molecule has 2 N–H and O–H groups in total. The van der Waals surface area contributed by atoms with E-state index < -0.39 is 5.60 Å². The van der Waals surface area contributed by atoms with Crippen molar-refractivity contribution in [1.82, 2.24) is 9.88 Å². The zero-order valence-electron chi connectivity index (χ0n) is 12.0. The first-order valence-corrected chi connectivity index (χ1v) is 6.37. The third-order valence-corrected chi connectivity index (χ3v) is 2.87. The first kappa shape index (κ1) is 14.9. The zero-order valence-corrected chi connectivity index (χ0v) is 12.0. The topological polar surface area (TPSA) is 56.3 Å². The molecular weight excluding hydrogens is 228 g/mol. The Bertz CT molecular complexity index is 416. The Kier molecular flexibility index (Phi) is 4.71. The number of carbonyl (C=O) groups is 1. The van der Waals surface area contributed by atoms with Crippen LogP contribution in [0.1, 0.15) is 42.5 Å². The Morgan fingerprint density at radius 1 is 1.44 bits per heavy atom. The predicted octanol–water partition coefficient (Wildman–Crippen LogP) is 1.91. The maximum atomic E-state index is 12.2. The number of hydrogen-bond donors (Lipinski definition) is 2. The molecule has 0 saturated carbocycles. The summed E-state index contributed by atoms with van der Waals surface area (Å²) in [4.78, 5) is 17.3.